The van der Waals surface area contributed by atoms with Crippen molar-refractivity contribution in [2.45, 2.75) is 46.5 Å². The van der Waals surface area contributed by atoms with Crippen molar-refractivity contribution in [1.82, 2.24) is 5.48 Å². The highest BCUT2D eigenvalue weighted by molar-refractivity contribution is 5.74. The van der Waals surface area contributed by atoms with Gasteiger partial charge in [0, 0.05) is 6.42 Å². The second-order valence-electron chi connectivity index (χ2n) is 3.69. The number of hydrogen-bond acceptors (Lipinski definition) is 2. The van der Waals surface area contributed by atoms with Gasteiger partial charge in [-0.2, -0.15) is 0 Å². The molecule has 78 valence electrons. The van der Waals surface area contributed by atoms with Gasteiger partial charge in [0.05, 0.1) is 6.61 Å². The van der Waals surface area contributed by atoms with Crippen molar-refractivity contribution >= 4 is 5.91 Å². The third-order valence-electron chi connectivity index (χ3n) is 1.61. The molecule has 0 aromatic heterocycles. The normalized spacial score (nSPS) is 10.5. The fourth-order valence-corrected chi connectivity index (χ4v) is 0.875. The summed E-state index contributed by atoms with van der Waals surface area (Å²) in [5.74, 6) is 0.449. The first kappa shape index (κ1) is 12.4. The van der Waals surface area contributed by atoms with Crippen LogP contribution in [-0.2, 0) is 9.63 Å². The van der Waals surface area contributed by atoms with Crippen LogP contribution in [0.1, 0.15) is 46.5 Å². The average Bonchev–Trinajstić information content (AvgIpc) is 2.04. The molecule has 0 aromatic rings. The summed E-state index contributed by atoms with van der Waals surface area (Å²) in [4.78, 5) is 16.1. The molecular weight excluding hydrogens is 166 g/mol. The molecule has 1 amide bonds. The van der Waals surface area contributed by atoms with E-state index >= 15 is 0 Å². The summed E-state index contributed by atoms with van der Waals surface area (Å²) >= 11 is 0. The van der Waals surface area contributed by atoms with Crippen molar-refractivity contribution in [1.29, 1.82) is 0 Å². The molecule has 0 heterocycles. The molecule has 0 spiro atoms. The second-order valence-corrected chi connectivity index (χ2v) is 3.69. The summed E-state index contributed by atoms with van der Waals surface area (Å²) in [7, 11) is 0. The molecule has 0 atom stereocenters. The van der Waals surface area contributed by atoms with E-state index in [0.29, 0.717) is 18.9 Å². The molecule has 0 aliphatic heterocycles. The van der Waals surface area contributed by atoms with Crippen LogP contribution in [0.15, 0.2) is 0 Å². The van der Waals surface area contributed by atoms with E-state index in [0.717, 1.165) is 19.3 Å². The smallest absolute Gasteiger partial charge is 0.243 e. The van der Waals surface area contributed by atoms with E-state index in [9.17, 15) is 4.79 Å². The first-order valence-corrected chi connectivity index (χ1v) is 5.07. The molecule has 0 radical (unpaired) electrons. The molecule has 0 aliphatic carbocycles. The van der Waals surface area contributed by atoms with Crippen LogP contribution in [-0.4, -0.2) is 12.5 Å². The van der Waals surface area contributed by atoms with Crippen molar-refractivity contribution in [2.24, 2.45) is 5.92 Å². The number of unbranched alkanes of at least 4 members (excludes halogenated alkanes) is 2. The van der Waals surface area contributed by atoms with Crippen LogP contribution in [0.25, 0.3) is 0 Å². The number of carbonyl (C=O) groups is 1. The SMILES string of the molecule is CCCCCC(=O)NOCC(C)C. The Morgan fingerprint density at radius 3 is 2.62 bits per heavy atom. The summed E-state index contributed by atoms with van der Waals surface area (Å²) in [6.07, 6.45) is 3.77. The lowest BCUT2D eigenvalue weighted by Crippen LogP contribution is -2.25. The van der Waals surface area contributed by atoms with Gasteiger partial charge < -0.3 is 0 Å². The summed E-state index contributed by atoms with van der Waals surface area (Å²) in [5.41, 5.74) is 2.43. The Labute approximate surface area is 80.8 Å². The zero-order valence-corrected chi connectivity index (χ0v) is 8.93. The molecule has 0 rings (SSSR count). The maximum Gasteiger partial charge on any atom is 0.243 e. The van der Waals surface area contributed by atoms with Gasteiger partial charge >= 0.3 is 0 Å². The van der Waals surface area contributed by atoms with Crippen LogP contribution in [0.2, 0.25) is 0 Å². The minimum absolute atomic E-state index is 0.00546. The Morgan fingerprint density at radius 1 is 1.38 bits per heavy atom. The second kappa shape index (κ2) is 8.05. The monoisotopic (exact) mass is 187 g/mol. The fraction of sp³-hybridized carbons (Fsp3) is 0.900. The van der Waals surface area contributed by atoms with Crippen LogP contribution < -0.4 is 5.48 Å². The lowest BCUT2D eigenvalue weighted by molar-refractivity contribution is -0.134. The van der Waals surface area contributed by atoms with Crippen LogP contribution in [0.3, 0.4) is 0 Å². The fourth-order valence-electron chi connectivity index (χ4n) is 0.875. The van der Waals surface area contributed by atoms with Gasteiger partial charge in [-0.15, -0.1) is 0 Å². The number of carbonyl (C=O) groups excluding carboxylic acids is 1. The standard InChI is InChI=1S/C10H21NO2/c1-4-5-6-7-10(12)11-13-8-9(2)3/h9H,4-8H2,1-3H3,(H,11,12). The first-order valence-electron chi connectivity index (χ1n) is 5.07. The first-order chi connectivity index (χ1) is 6.16. The Hall–Kier alpha value is -0.570. The number of amides is 1. The van der Waals surface area contributed by atoms with E-state index < -0.39 is 0 Å². The van der Waals surface area contributed by atoms with Gasteiger partial charge in [0.1, 0.15) is 0 Å². The van der Waals surface area contributed by atoms with Gasteiger partial charge in [-0.1, -0.05) is 33.6 Å². The van der Waals surface area contributed by atoms with Crippen molar-refractivity contribution in [3.8, 4) is 0 Å². The summed E-state index contributed by atoms with van der Waals surface area (Å²) in [5, 5.41) is 0. The van der Waals surface area contributed by atoms with E-state index in [1.165, 1.54) is 0 Å². The van der Waals surface area contributed by atoms with E-state index in [-0.39, 0.29) is 5.91 Å². The van der Waals surface area contributed by atoms with Crippen molar-refractivity contribution in [3.63, 3.8) is 0 Å². The van der Waals surface area contributed by atoms with E-state index in [1.807, 2.05) is 13.8 Å². The summed E-state index contributed by atoms with van der Waals surface area (Å²) in [6.45, 7) is 6.79. The summed E-state index contributed by atoms with van der Waals surface area (Å²) < 4.78 is 0. The Kier molecular flexibility index (Phi) is 7.69. The maximum atomic E-state index is 11.1. The highest BCUT2D eigenvalue weighted by Crippen LogP contribution is 1.98. The van der Waals surface area contributed by atoms with Crippen LogP contribution >= 0.6 is 0 Å². The van der Waals surface area contributed by atoms with Gasteiger partial charge in [0.2, 0.25) is 5.91 Å². The van der Waals surface area contributed by atoms with E-state index in [2.05, 4.69) is 12.4 Å². The highest BCUT2D eigenvalue weighted by atomic mass is 16.6. The molecular formula is C10H21NO2. The molecule has 13 heavy (non-hydrogen) atoms. The van der Waals surface area contributed by atoms with E-state index in [1.54, 1.807) is 0 Å². The molecule has 0 saturated heterocycles. The van der Waals surface area contributed by atoms with Crippen LogP contribution in [0.4, 0.5) is 0 Å². The number of hydrogen-bond donors (Lipinski definition) is 1. The van der Waals surface area contributed by atoms with Gasteiger partial charge in [-0.05, 0) is 12.3 Å². The van der Waals surface area contributed by atoms with Crippen LogP contribution in [0, 0.1) is 5.92 Å². The molecule has 0 saturated carbocycles. The number of nitrogens with one attached hydrogen (secondary N) is 1. The van der Waals surface area contributed by atoms with Crippen molar-refractivity contribution in [2.75, 3.05) is 6.61 Å². The average molecular weight is 187 g/mol. The maximum absolute atomic E-state index is 11.1. The number of hydroxylamine groups is 1. The summed E-state index contributed by atoms with van der Waals surface area (Å²) in [6, 6.07) is 0. The molecule has 3 heteroatoms. The van der Waals surface area contributed by atoms with Crippen LogP contribution in [0.5, 0.6) is 0 Å². The molecule has 0 bridgehead atoms. The highest BCUT2D eigenvalue weighted by Gasteiger charge is 2.00. The third kappa shape index (κ3) is 9.34. The predicted molar refractivity (Wildman–Crippen MR) is 53.1 cm³/mol. The zero-order valence-electron chi connectivity index (χ0n) is 8.93. The van der Waals surface area contributed by atoms with Crippen molar-refractivity contribution < 1.29 is 9.63 Å². The van der Waals surface area contributed by atoms with E-state index in [4.69, 9.17) is 4.84 Å². The Balaban J connectivity index is 3.20. The molecule has 3 nitrogen and oxygen atoms in total. The van der Waals surface area contributed by atoms with Crippen molar-refractivity contribution in [3.05, 3.63) is 0 Å². The third-order valence-corrected chi connectivity index (χ3v) is 1.61. The Bertz CT molecular complexity index is 135. The molecule has 0 fully saturated rings. The van der Waals surface area contributed by atoms with Gasteiger partial charge in [-0.25, -0.2) is 5.48 Å². The van der Waals surface area contributed by atoms with Gasteiger partial charge in [0.25, 0.3) is 0 Å². The largest absolute Gasteiger partial charge is 0.273 e. The molecule has 0 aromatic carbocycles. The topological polar surface area (TPSA) is 38.3 Å². The van der Waals surface area contributed by atoms with Gasteiger partial charge in [-0.3, -0.25) is 9.63 Å². The predicted octanol–water partition coefficient (Wildman–Crippen LogP) is 2.27. The minimum Gasteiger partial charge on any atom is -0.273 e. The molecule has 0 unspecified atom stereocenters. The number of rotatable bonds is 7. The quantitative estimate of drug-likeness (QED) is 0.490. The molecule has 0 aliphatic rings. The lowest BCUT2D eigenvalue weighted by Gasteiger charge is -2.07. The van der Waals surface area contributed by atoms with Gasteiger partial charge in [0.15, 0.2) is 0 Å². The Morgan fingerprint density at radius 2 is 2.08 bits per heavy atom. The molecule has 1 N–H and O–H groups in total. The zero-order chi connectivity index (χ0) is 10.1. The lowest BCUT2D eigenvalue weighted by atomic mass is 10.2. The minimum atomic E-state index is -0.00546.